The van der Waals surface area contributed by atoms with Gasteiger partial charge in [-0.3, -0.25) is 4.79 Å². The second-order valence-electron chi connectivity index (χ2n) is 7.45. The first-order valence-corrected chi connectivity index (χ1v) is 10.4. The SMILES string of the molecule is CC(C)Oc1ccc(CN2CC(c3nc(-c4cccc(Br)c4)no3)CC2=O)cc1. The van der Waals surface area contributed by atoms with Crippen LogP contribution in [0.2, 0.25) is 0 Å². The molecule has 4 rings (SSSR count). The Balaban J connectivity index is 1.42. The molecule has 1 unspecified atom stereocenters. The number of carbonyl (C=O) groups excluding carboxylic acids is 1. The predicted molar refractivity (Wildman–Crippen MR) is 112 cm³/mol. The van der Waals surface area contributed by atoms with Gasteiger partial charge in [0, 0.05) is 29.5 Å². The number of carbonyl (C=O) groups is 1. The maximum Gasteiger partial charge on any atom is 0.232 e. The van der Waals surface area contributed by atoms with Crippen molar-refractivity contribution in [2.45, 2.75) is 38.8 Å². The average Bonchev–Trinajstić information content (AvgIpc) is 3.30. The van der Waals surface area contributed by atoms with E-state index in [0.717, 1.165) is 21.3 Å². The molecule has 1 fully saturated rings. The second kappa shape index (κ2) is 8.37. The summed E-state index contributed by atoms with van der Waals surface area (Å²) in [6.45, 7) is 5.13. The molecule has 0 radical (unpaired) electrons. The molecule has 150 valence electrons. The van der Waals surface area contributed by atoms with Gasteiger partial charge in [-0.05, 0) is 43.7 Å². The number of halogens is 1. The van der Waals surface area contributed by atoms with Crippen molar-refractivity contribution >= 4 is 21.8 Å². The highest BCUT2D eigenvalue weighted by atomic mass is 79.9. The molecule has 3 aromatic rings. The van der Waals surface area contributed by atoms with E-state index in [1.54, 1.807) is 0 Å². The Labute approximate surface area is 178 Å². The minimum atomic E-state index is -0.0838. The molecule has 2 heterocycles. The molecule has 1 aliphatic heterocycles. The number of hydrogen-bond donors (Lipinski definition) is 0. The van der Waals surface area contributed by atoms with E-state index < -0.39 is 0 Å². The van der Waals surface area contributed by atoms with Crippen LogP contribution >= 0.6 is 15.9 Å². The molecule has 1 aliphatic rings. The molecule has 0 aliphatic carbocycles. The van der Waals surface area contributed by atoms with Crippen molar-refractivity contribution in [3.63, 3.8) is 0 Å². The summed E-state index contributed by atoms with van der Waals surface area (Å²) in [4.78, 5) is 18.9. The van der Waals surface area contributed by atoms with Gasteiger partial charge in [-0.1, -0.05) is 45.4 Å². The van der Waals surface area contributed by atoms with Crippen LogP contribution in [0, 0.1) is 0 Å². The fourth-order valence-corrected chi connectivity index (χ4v) is 3.80. The van der Waals surface area contributed by atoms with E-state index >= 15 is 0 Å². The summed E-state index contributed by atoms with van der Waals surface area (Å²) in [5.74, 6) is 1.89. The number of nitrogens with zero attached hydrogens (tertiary/aromatic N) is 3. The zero-order chi connectivity index (χ0) is 20.4. The Hall–Kier alpha value is -2.67. The summed E-state index contributed by atoms with van der Waals surface area (Å²) >= 11 is 3.45. The minimum Gasteiger partial charge on any atom is -0.491 e. The first kappa shape index (κ1) is 19.6. The highest BCUT2D eigenvalue weighted by Crippen LogP contribution is 2.30. The van der Waals surface area contributed by atoms with Gasteiger partial charge in [0.05, 0.1) is 12.0 Å². The van der Waals surface area contributed by atoms with Crippen LogP contribution in [-0.4, -0.2) is 33.6 Å². The largest absolute Gasteiger partial charge is 0.491 e. The number of rotatable bonds is 6. The monoisotopic (exact) mass is 455 g/mol. The lowest BCUT2D eigenvalue weighted by Crippen LogP contribution is -2.24. The highest BCUT2D eigenvalue weighted by molar-refractivity contribution is 9.10. The Morgan fingerprint density at radius 2 is 2.03 bits per heavy atom. The summed E-state index contributed by atoms with van der Waals surface area (Å²) in [5, 5.41) is 4.09. The molecule has 0 saturated carbocycles. The molecule has 2 aromatic carbocycles. The Kier molecular flexibility index (Phi) is 5.67. The third-order valence-corrected chi connectivity index (χ3v) is 5.25. The third-order valence-electron chi connectivity index (χ3n) is 4.76. The van der Waals surface area contributed by atoms with Gasteiger partial charge >= 0.3 is 0 Å². The van der Waals surface area contributed by atoms with E-state index in [4.69, 9.17) is 9.26 Å². The average molecular weight is 456 g/mol. The molecule has 6 nitrogen and oxygen atoms in total. The number of amides is 1. The number of benzene rings is 2. The van der Waals surface area contributed by atoms with Crippen molar-refractivity contribution in [3.8, 4) is 17.1 Å². The van der Waals surface area contributed by atoms with Gasteiger partial charge in [-0.25, -0.2) is 0 Å². The fraction of sp³-hybridized carbons (Fsp3) is 0.318. The van der Waals surface area contributed by atoms with E-state index in [1.807, 2.05) is 67.3 Å². The first-order chi connectivity index (χ1) is 14.0. The van der Waals surface area contributed by atoms with E-state index in [1.165, 1.54) is 0 Å². The number of hydrogen-bond acceptors (Lipinski definition) is 5. The lowest BCUT2D eigenvalue weighted by Gasteiger charge is -2.16. The Bertz CT molecular complexity index is 1000. The zero-order valence-corrected chi connectivity index (χ0v) is 17.9. The smallest absolute Gasteiger partial charge is 0.232 e. The molecule has 0 spiro atoms. The van der Waals surface area contributed by atoms with Crippen LogP contribution in [0.15, 0.2) is 57.5 Å². The van der Waals surface area contributed by atoms with Gasteiger partial charge in [-0.2, -0.15) is 4.98 Å². The molecule has 1 saturated heterocycles. The zero-order valence-electron chi connectivity index (χ0n) is 16.3. The normalized spacial score (nSPS) is 16.6. The van der Waals surface area contributed by atoms with Crippen molar-refractivity contribution in [2.24, 2.45) is 0 Å². The van der Waals surface area contributed by atoms with Gasteiger partial charge in [0.15, 0.2) is 0 Å². The molecular weight excluding hydrogens is 434 g/mol. The van der Waals surface area contributed by atoms with Gasteiger partial charge in [0.1, 0.15) is 5.75 Å². The molecule has 29 heavy (non-hydrogen) atoms. The second-order valence-corrected chi connectivity index (χ2v) is 8.37. The van der Waals surface area contributed by atoms with Crippen molar-refractivity contribution in [2.75, 3.05) is 6.54 Å². The molecule has 1 aromatic heterocycles. The maximum absolute atomic E-state index is 12.5. The fourth-order valence-electron chi connectivity index (χ4n) is 3.40. The first-order valence-electron chi connectivity index (χ1n) is 9.61. The number of ether oxygens (including phenoxy) is 1. The van der Waals surface area contributed by atoms with E-state index in [0.29, 0.717) is 31.2 Å². The van der Waals surface area contributed by atoms with Gasteiger partial charge < -0.3 is 14.2 Å². The number of likely N-dealkylation sites (tertiary alicyclic amines) is 1. The van der Waals surface area contributed by atoms with E-state index in [-0.39, 0.29) is 17.9 Å². The van der Waals surface area contributed by atoms with Crippen LogP contribution in [-0.2, 0) is 11.3 Å². The quantitative estimate of drug-likeness (QED) is 0.533. The topological polar surface area (TPSA) is 68.5 Å². The van der Waals surface area contributed by atoms with E-state index in [9.17, 15) is 4.79 Å². The van der Waals surface area contributed by atoms with Crippen molar-refractivity contribution < 1.29 is 14.1 Å². The van der Waals surface area contributed by atoms with Gasteiger partial charge in [-0.15, -0.1) is 0 Å². The summed E-state index contributed by atoms with van der Waals surface area (Å²) < 4.78 is 12.1. The van der Waals surface area contributed by atoms with Crippen LogP contribution in [0.1, 0.15) is 37.6 Å². The Morgan fingerprint density at radius 3 is 2.76 bits per heavy atom. The highest BCUT2D eigenvalue weighted by Gasteiger charge is 2.34. The lowest BCUT2D eigenvalue weighted by molar-refractivity contribution is -0.128. The van der Waals surface area contributed by atoms with Gasteiger partial charge in [0.25, 0.3) is 0 Å². The summed E-state index contributed by atoms with van der Waals surface area (Å²) in [6.07, 6.45) is 0.521. The van der Waals surface area contributed by atoms with Crippen molar-refractivity contribution in [1.29, 1.82) is 0 Å². The standard InChI is InChI=1S/C22H22BrN3O3/c1-14(2)28-19-8-6-15(7-9-19)12-26-13-17(11-20(26)27)22-24-21(25-29-22)16-4-3-5-18(23)10-16/h3-10,14,17H,11-13H2,1-2H3. The molecule has 0 N–H and O–H groups in total. The van der Waals surface area contributed by atoms with E-state index in [2.05, 4.69) is 26.1 Å². The predicted octanol–water partition coefficient (Wildman–Crippen LogP) is 4.80. The maximum atomic E-state index is 12.5. The van der Waals surface area contributed by atoms with Gasteiger partial charge in [0.2, 0.25) is 17.6 Å². The molecule has 0 bridgehead atoms. The third kappa shape index (κ3) is 4.67. The van der Waals surface area contributed by atoms with Crippen molar-refractivity contribution in [1.82, 2.24) is 15.0 Å². The van der Waals surface area contributed by atoms with Crippen LogP contribution in [0.25, 0.3) is 11.4 Å². The van der Waals surface area contributed by atoms with Crippen LogP contribution in [0.3, 0.4) is 0 Å². The van der Waals surface area contributed by atoms with Crippen LogP contribution in [0.5, 0.6) is 5.75 Å². The summed E-state index contributed by atoms with van der Waals surface area (Å²) in [5.41, 5.74) is 1.94. The summed E-state index contributed by atoms with van der Waals surface area (Å²) in [6, 6.07) is 15.6. The Morgan fingerprint density at radius 1 is 1.24 bits per heavy atom. The molecular formula is C22H22BrN3O3. The number of aromatic nitrogens is 2. The minimum absolute atomic E-state index is 0.0838. The van der Waals surface area contributed by atoms with Crippen LogP contribution in [0.4, 0.5) is 0 Å². The molecule has 1 amide bonds. The molecule has 1 atom stereocenters. The molecule has 7 heteroatoms. The van der Waals surface area contributed by atoms with Crippen molar-refractivity contribution in [3.05, 3.63) is 64.5 Å². The van der Waals surface area contributed by atoms with Crippen LogP contribution < -0.4 is 4.74 Å². The summed E-state index contributed by atoms with van der Waals surface area (Å²) in [7, 11) is 0. The lowest BCUT2D eigenvalue weighted by atomic mass is 10.1.